The molecule has 3 heterocycles. The van der Waals surface area contributed by atoms with Crippen LogP contribution in [-0.4, -0.2) is 60.7 Å². The fourth-order valence-electron chi connectivity index (χ4n) is 5.11. The fourth-order valence-corrected chi connectivity index (χ4v) is 5.11. The van der Waals surface area contributed by atoms with Gasteiger partial charge in [-0.15, -0.1) is 0 Å². The molecule has 2 N–H and O–H groups in total. The highest BCUT2D eigenvalue weighted by atomic mass is 16.7. The van der Waals surface area contributed by atoms with Gasteiger partial charge in [-0.25, -0.2) is 0 Å². The van der Waals surface area contributed by atoms with Crippen molar-refractivity contribution < 1.29 is 28.8 Å². The van der Waals surface area contributed by atoms with Crippen molar-refractivity contribution >= 4 is 11.6 Å². The van der Waals surface area contributed by atoms with Crippen LogP contribution in [0.15, 0.2) is 48.5 Å². The van der Waals surface area contributed by atoms with Gasteiger partial charge >= 0.3 is 0 Å². The number of aliphatic hydroxyl groups is 1. The van der Waals surface area contributed by atoms with E-state index in [1.54, 1.807) is 0 Å². The predicted octanol–water partition coefficient (Wildman–Crippen LogP) is 3.52. The van der Waals surface area contributed by atoms with Crippen LogP contribution in [0.25, 0.3) is 0 Å². The first-order valence-electron chi connectivity index (χ1n) is 12.4. The van der Waals surface area contributed by atoms with Crippen LogP contribution in [0.2, 0.25) is 0 Å². The zero-order valence-corrected chi connectivity index (χ0v) is 20.2. The third-order valence-electron chi connectivity index (χ3n) is 7.01. The molecule has 1 spiro atoms. The Balaban J connectivity index is 1.29. The largest absolute Gasteiger partial charge is 0.392 e. The molecule has 35 heavy (non-hydrogen) atoms. The van der Waals surface area contributed by atoms with Crippen molar-refractivity contribution in [2.45, 2.75) is 57.1 Å². The molecule has 3 atom stereocenters. The van der Waals surface area contributed by atoms with E-state index < -0.39 is 6.29 Å². The Hall–Kier alpha value is -2.33. The molecule has 0 aromatic heterocycles. The van der Waals surface area contributed by atoms with E-state index in [9.17, 15) is 9.90 Å². The Bertz CT molecular complexity index is 980. The SMILES string of the molecule is CC(=O)Nc1ccc([C@H]2O[C@@H](CN3CCC4(CC3)OCCO4)C[C@@H](c3ccc(CO)cc3)O2)cc1. The molecule has 3 aliphatic heterocycles. The number of likely N-dealkylation sites (tertiary alicyclic amines) is 1. The van der Waals surface area contributed by atoms with E-state index >= 15 is 0 Å². The number of carbonyl (C=O) groups is 1. The first-order valence-corrected chi connectivity index (χ1v) is 12.4. The van der Waals surface area contributed by atoms with Gasteiger partial charge in [-0.1, -0.05) is 36.4 Å². The van der Waals surface area contributed by atoms with Gasteiger partial charge in [0.2, 0.25) is 5.91 Å². The Morgan fingerprint density at radius 3 is 2.29 bits per heavy atom. The number of benzene rings is 2. The predicted molar refractivity (Wildman–Crippen MR) is 129 cm³/mol. The fraction of sp³-hybridized carbons (Fsp3) is 0.519. The van der Waals surface area contributed by atoms with Crippen LogP contribution in [0.5, 0.6) is 0 Å². The second kappa shape index (κ2) is 10.7. The summed E-state index contributed by atoms with van der Waals surface area (Å²) in [4.78, 5) is 13.8. The molecule has 188 valence electrons. The average Bonchev–Trinajstić information content (AvgIpc) is 3.33. The standard InChI is InChI=1S/C27H34N2O6/c1-19(31)28-23-8-6-22(7-9-23)26-34-24(16-25(35-26)21-4-2-20(18-30)3-5-21)17-29-12-10-27(11-13-29)32-14-15-33-27/h2-9,24-26,30H,10-18H2,1H3,(H,28,31)/t24-,25+,26+/m1/s1. The summed E-state index contributed by atoms with van der Waals surface area (Å²) in [6, 6.07) is 15.5. The molecule has 2 aromatic carbocycles. The first kappa shape index (κ1) is 24.4. The molecule has 0 radical (unpaired) electrons. The summed E-state index contributed by atoms with van der Waals surface area (Å²) in [7, 11) is 0. The second-order valence-electron chi connectivity index (χ2n) is 9.56. The van der Waals surface area contributed by atoms with Gasteiger partial charge in [-0.2, -0.15) is 0 Å². The van der Waals surface area contributed by atoms with E-state index in [1.807, 2.05) is 48.5 Å². The van der Waals surface area contributed by atoms with Crippen LogP contribution in [0.4, 0.5) is 5.69 Å². The van der Waals surface area contributed by atoms with Crippen LogP contribution in [0.1, 0.15) is 55.3 Å². The third kappa shape index (κ3) is 5.91. The summed E-state index contributed by atoms with van der Waals surface area (Å²) < 4.78 is 24.6. The first-order chi connectivity index (χ1) is 17.0. The maximum absolute atomic E-state index is 11.4. The molecule has 0 saturated carbocycles. The molecule has 1 amide bonds. The molecule has 2 aromatic rings. The number of carbonyl (C=O) groups excluding carboxylic acids is 1. The van der Waals surface area contributed by atoms with E-state index in [4.69, 9.17) is 18.9 Å². The zero-order chi connectivity index (χ0) is 24.3. The van der Waals surface area contributed by atoms with E-state index in [0.717, 1.165) is 61.3 Å². The molecule has 8 heteroatoms. The third-order valence-corrected chi connectivity index (χ3v) is 7.01. The van der Waals surface area contributed by atoms with Gasteiger partial charge in [0.1, 0.15) is 0 Å². The summed E-state index contributed by atoms with van der Waals surface area (Å²) in [5.74, 6) is -0.492. The van der Waals surface area contributed by atoms with Crippen molar-refractivity contribution in [1.29, 1.82) is 0 Å². The van der Waals surface area contributed by atoms with E-state index in [-0.39, 0.29) is 30.5 Å². The van der Waals surface area contributed by atoms with Crippen LogP contribution >= 0.6 is 0 Å². The Morgan fingerprint density at radius 1 is 1.00 bits per heavy atom. The Morgan fingerprint density at radius 2 is 1.66 bits per heavy atom. The number of rotatable bonds is 6. The summed E-state index contributed by atoms with van der Waals surface area (Å²) in [5.41, 5.74) is 3.59. The van der Waals surface area contributed by atoms with E-state index in [1.165, 1.54) is 6.92 Å². The minimum atomic E-state index is -0.514. The van der Waals surface area contributed by atoms with Crippen molar-refractivity contribution in [3.05, 3.63) is 65.2 Å². The number of ether oxygens (including phenoxy) is 4. The van der Waals surface area contributed by atoms with Gasteiger partial charge in [0, 0.05) is 57.1 Å². The normalized spacial score (nSPS) is 26.6. The molecule has 3 fully saturated rings. The number of piperidine rings is 1. The van der Waals surface area contributed by atoms with Gasteiger partial charge in [0.25, 0.3) is 0 Å². The van der Waals surface area contributed by atoms with Crippen LogP contribution in [0, 0.1) is 0 Å². The van der Waals surface area contributed by atoms with Gasteiger partial charge in [-0.05, 0) is 23.3 Å². The molecule has 0 unspecified atom stereocenters. The highest BCUT2D eigenvalue weighted by Gasteiger charge is 2.41. The lowest BCUT2D eigenvalue weighted by molar-refractivity contribution is -0.255. The lowest BCUT2D eigenvalue weighted by atomic mass is 9.98. The topological polar surface area (TPSA) is 89.5 Å². The maximum atomic E-state index is 11.4. The van der Waals surface area contributed by atoms with Crippen molar-refractivity contribution in [3.63, 3.8) is 0 Å². The van der Waals surface area contributed by atoms with Gasteiger partial charge < -0.3 is 34.3 Å². The van der Waals surface area contributed by atoms with E-state index in [0.29, 0.717) is 13.2 Å². The number of nitrogens with zero attached hydrogens (tertiary/aromatic N) is 1. The average molecular weight is 483 g/mol. The molecular weight excluding hydrogens is 448 g/mol. The van der Waals surface area contributed by atoms with Crippen LogP contribution < -0.4 is 5.32 Å². The summed E-state index contributed by atoms with van der Waals surface area (Å²) in [6.45, 7) is 5.51. The van der Waals surface area contributed by atoms with Gasteiger partial charge in [0.15, 0.2) is 12.1 Å². The number of aliphatic hydroxyl groups excluding tert-OH is 1. The number of amides is 1. The molecule has 8 nitrogen and oxygen atoms in total. The van der Waals surface area contributed by atoms with E-state index in [2.05, 4.69) is 10.2 Å². The summed E-state index contributed by atoms with van der Waals surface area (Å²) in [5, 5.41) is 12.2. The highest BCUT2D eigenvalue weighted by molar-refractivity contribution is 5.88. The number of nitrogens with one attached hydrogen (secondary N) is 1. The molecule has 5 rings (SSSR count). The molecule has 3 aliphatic rings. The minimum Gasteiger partial charge on any atom is -0.392 e. The van der Waals surface area contributed by atoms with Crippen molar-refractivity contribution in [1.82, 2.24) is 4.90 Å². The smallest absolute Gasteiger partial charge is 0.221 e. The number of anilines is 1. The van der Waals surface area contributed by atoms with Gasteiger partial charge in [0.05, 0.1) is 32.0 Å². The van der Waals surface area contributed by atoms with Crippen LogP contribution in [0.3, 0.4) is 0 Å². The second-order valence-corrected chi connectivity index (χ2v) is 9.56. The molecular formula is C27H34N2O6. The summed E-state index contributed by atoms with van der Waals surface area (Å²) in [6.07, 6.45) is 1.84. The Labute approximate surface area is 206 Å². The van der Waals surface area contributed by atoms with Crippen molar-refractivity contribution in [3.8, 4) is 0 Å². The lowest BCUT2D eigenvalue weighted by Crippen LogP contribution is -2.48. The highest BCUT2D eigenvalue weighted by Crippen LogP contribution is 2.39. The van der Waals surface area contributed by atoms with Gasteiger partial charge in [-0.3, -0.25) is 4.79 Å². The van der Waals surface area contributed by atoms with Crippen molar-refractivity contribution in [2.24, 2.45) is 0 Å². The maximum Gasteiger partial charge on any atom is 0.221 e. The minimum absolute atomic E-state index is 0.00856. The number of hydrogen-bond acceptors (Lipinski definition) is 7. The molecule has 3 saturated heterocycles. The summed E-state index contributed by atoms with van der Waals surface area (Å²) >= 11 is 0. The monoisotopic (exact) mass is 482 g/mol. The zero-order valence-electron chi connectivity index (χ0n) is 20.2. The van der Waals surface area contributed by atoms with Crippen molar-refractivity contribution in [2.75, 3.05) is 38.2 Å². The molecule has 0 aliphatic carbocycles. The van der Waals surface area contributed by atoms with Crippen LogP contribution in [-0.2, 0) is 30.3 Å². The Kier molecular flexibility index (Phi) is 7.48. The molecule has 0 bridgehead atoms. The lowest BCUT2D eigenvalue weighted by Gasteiger charge is -2.41. The number of hydrogen-bond donors (Lipinski definition) is 2. The quantitative estimate of drug-likeness (QED) is 0.651.